The molecule has 1 aliphatic heterocycles. The van der Waals surface area contributed by atoms with Gasteiger partial charge in [0.1, 0.15) is 31.9 Å². The molecule has 130 valence electrons. The number of quaternary nitrogens is 2. The summed E-state index contributed by atoms with van der Waals surface area (Å²) in [6.07, 6.45) is 0.866. The molecule has 2 rings (SSSR count). The molecule has 6 nitrogen and oxygen atoms in total. The van der Waals surface area contributed by atoms with Crippen molar-refractivity contribution in [2.45, 2.75) is 18.2 Å². The predicted molar refractivity (Wildman–Crippen MR) is 89.6 cm³/mol. The molecule has 23 heavy (non-hydrogen) atoms. The standard InChI is InChI=1S/C16H27N3O3S/c1-3-22-15-5-7-16(8-6-15)23(20,21)17-9-4-10-19-13-11-18(2)12-14-19/h5-8,17H,3-4,9-14H2,1-2H3/p+2. The van der Waals surface area contributed by atoms with E-state index < -0.39 is 10.0 Å². The normalized spacial score (nSPS) is 22.0. The second-order valence-electron chi connectivity index (χ2n) is 6.11. The Morgan fingerprint density at radius 3 is 2.39 bits per heavy atom. The fourth-order valence-corrected chi connectivity index (χ4v) is 3.86. The van der Waals surface area contributed by atoms with E-state index in [0.29, 0.717) is 18.9 Å². The molecule has 0 radical (unpaired) electrons. The van der Waals surface area contributed by atoms with E-state index >= 15 is 0 Å². The molecular weight excluding hydrogens is 314 g/mol. The molecule has 0 unspecified atom stereocenters. The molecular formula is C16H29N3O3S+2. The molecule has 1 fully saturated rings. The molecule has 3 N–H and O–H groups in total. The zero-order valence-corrected chi connectivity index (χ0v) is 14.9. The van der Waals surface area contributed by atoms with Gasteiger partial charge in [0.15, 0.2) is 0 Å². The van der Waals surface area contributed by atoms with Crippen LogP contribution in [0.1, 0.15) is 13.3 Å². The highest BCUT2D eigenvalue weighted by Crippen LogP contribution is 2.15. The van der Waals surface area contributed by atoms with Gasteiger partial charge in [-0.1, -0.05) is 0 Å². The summed E-state index contributed by atoms with van der Waals surface area (Å²) in [5, 5.41) is 0. The van der Waals surface area contributed by atoms with Crippen molar-refractivity contribution < 1.29 is 23.0 Å². The van der Waals surface area contributed by atoms with Gasteiger partial charge in [-0.2, -0.15) is 0 Å². The average Bonchev–Trinajstić information content (AvgIpc) is 2.54. The Morgan fingerprint density at radius 1 is 1.13 bits per heavy atom. The summed E-state index contributed by atoms with van der Waals surface area (Å²) >= 11 is 0. The number of hydrogen-bond donors (Lipinski definition) is 3. The van der Waals surface area contributed by atoms with Crippen LogP contribution in [0.15, 0.2) is 29.2 Å². The molecule has 1 heterocycles. The fourth-order valence-electron chi connectivity index (χ4n) is 2.79. The minimum Gasteiger partial charge on any atom is -0.494 e. The highest BCUT2D eigenvalue weighted by atomic mass is 32.2. The largest absolute Gasteiger partial charge is 0.494 e. The van der Waals surface area contributed by atoms with Crippen LogP contribution in [0.5, 0.6) is 5.75 Å². The maximum atomic E-state index is 12.2. The van der Waals surface area contributed by atoms with Crippen molar-refractivity contribution in [3.8, 4) is 5.75 Å². The predicted octanol–water partition coefficient (Wildman–Crippen LogP) is -1.83. The first kappa shape index (κ1) is 18.2. The summed E-state index contributed by atoms with van der Waals surface area (Å²) in [4.78, 5) is 3.46. The number of sulfonamides is 1. The van der Waals surface area contributed by atoms with E-state index in [1.54, 1.807) is 34.1 Å². The van der Waals surface area contributed by atoms with Gasteiger partial charge in [0.05, 0.1) is 25.1 Å². The maximum Gasteiger partial charge on any atom is 0.240 e. The van der Waals surface area contributed by atoms with Crippen LogP contribution >= 0.6 is 0 Å². The lowest BCUT2D eigenvalue weighted by Crippen LogP contribution is -3.27. The molecule has 0 bridgehead atoms. The van der Waals surface area contributed by atoms with E-state index in [0.717, 1.165) is 13.0 Å². The Morgan fingerprint density at radius 2 is 1.78 bits per heavy atom. The lowest BCUT2D eigenvalue weighted by molar-refractivity contribution is -1.00. The minimum absolute atomic E-state index is 0.288. The van der Waals surface area contributed by atoms with Gasteiger partial charge in [0, 0.05) is 13.0 Å². The van der Waals surface area contributed by atoms with Crippen LogP contribution in [0.2, 0.25) is 0 Å². The molecule has 0 aromatic heterocycles. The monoisotopic (exact) mass is 343 g/mol. The third kappa shape index (κ3) is 5.76. The fraction of sp³-hybridized carbons (Fsp3) is 0.625. The van der Waals surface area contributed by atoms with Gasteiger partial charge in [-0.3, -0.25) is 0 Å². The second-order valence-corrected chi connectivity index (χ2v) is 7.88. The first-order valence-corrected chi connectivity index (χ1v) is 9.87. The van der Waals surface area contributed by atoms with Gasteiger partial charge in [-0.15, -0.1) is 0 Å². The van der Waals surface area contributed by atoms with E-state index in [1.165, 1.54) is 26.2 Å². The van der Waals surface area contributed by atoms with Gasteiger partial charge in [-0.25, -0.2) is 13.1 Å². The smallest absolute Gasteiger partial charge is 0.240 e. The van der Waals surface area contributed by atoms with Crippen molar-refractivity contribution in [3.05, 3.63) is 24.3 Å². The number of rotatable bonds is 8. The van der Waals surface area contributed by atoms with Crippen LogP contribution in [0.3, 0.4) is 0 Å². The number of benzene rings is 1. The van der Waals surface area contributed by atoms with E-state index in [2.05, 4.69) is 11.8 Å². The van der Waals surface area contributed by atoms with Crippen molar-refractivity contribution in [2.75, 3.05) is 52.9 Å². The number of ether oxygens (including phenoxy) is 1. The second kappa shape index (κ2) is 8.63. The molecule has 1 saturated heterocycles. The molecule has 0 saturated carbocycles. The summed E-state index contributed by atoms with van der Waals surface area (Å²) < 4.78 is 32.5. The topological polar surface area (TPSA) is 64.3 Å². The van der Waals surface area contributed by atoms with E-state index in [1.807, 2.05) is 6.92 Å². The molecule has 0 amide bonds. The first-order valence-electron chi connectivity index (χ1n) is 8.38. The van der Waals surface area contributed by atoms with Gasteiger partial charge in [-0.05, 0) is 31.2 Å². The molecule has 1 aliphatic rings. The summed E-state index contributed by atoms with van der Waals surface area (Å²) in [5.41, 5.74) is 0. The molecule has 0 aliphatic carbocycles. The summed E-state index contributed by atoms with van der Waals surface area (Å²) in [6, 6.07) is 6.55. The molecule has 7 heteroatoms. The van der Waals surface area contributed by atoms with Crippen molar-refractivity contribution in [3.63, 3.8) is 0 Å². The lowest BCUT2D eigenvalue weighted by atomic mass is 10.3. The molecule has 1 aromatic rings. The van der Waals surface area contributed by atoms with Crippen molar-refractivity contribution in [1.29, 1.82) is 0 Å². The quantitative estimate of drug-likeness (QED) is 0.487. The summed E-state index contributed by atoms with van der Waals surface area (Å²) in [7, 11) is -1.20. The summed E-state index contributed by atoms with van der Waals surface area (Å²) in [5.74, 6) is 0.687. The van der Waals surface area contributed by atoms with Gasteiger partial charge in [0.25, 0.3) is 0 Å². The van der Waals surface area contributed by atoms with E-state index in [4.69, 9.17) is 4.74 Å². The number of piperazine rings is 1. The first-order chi connectivity index (χ1) is 11.0. The third-order valence-electron chi connectivity index (χ3n) is 4.25. The van der Waals surface area contributed by atoms with Gasteiger partial charge >= 0.3 is 0 Å². The number of hydrogen-bond acceptors (Lipinski definition) is 3. The van der Waals surface area contributed by atoms with Gasteiger partial charge < -0.3 is 14.5 Å². The SMILES string of the molecule is CCOc1ccc(S(=O)(=O)NCCC[NH+]2CC[NH+](C)CC2)cc1. The molecule has 0 spiro atoms. The summed E-state index contributed by atoms with van der Waals surface area (Å²) in [6.45, 7) is 8.74. The van der Waals surface area contributed by atoms with Crippen LogP contribution in [0.25, 0.3) is 0 Å². The minimum atomic E-state index is -3.42. The van der Waals surface area contributed by atoms with Crippen molar-refractivity contribution in [2.24, 2.45) is 0 Å². The number of likely N-dealkylation sites (N-methyl/N-ethyl adjacent to an activating group) is 1. The molecule has 1 aromatic carbocycles. The average molecular weight is 343 g/mol. The Bertz CT molecular complexity index is 567. The zero-order valence-electron chi connectivity index (χ0n) is 14.1. The maximum absolute atomic E-state index is 12.2. The molecule has 0 atom stereocenters. The van der Waals surface area contributed by atoms with Crippen LogP contribution in [-0.2, 0) is 10.0 Å². The highest BCUT2D eigenvalue weighted by molar-refractivity contribution is 7.89. The van der Waals surface area contributed by atoms with Crippen LogP contribution in [0.4, 0.5) is 0 Å². The number of nitrogens with one attached hydrogen (secondary N) is 3. The van der Waals surface area contributed by atoms with Crippen LogP contribution < -0.4 is 19.3 Å². The Balaban J connectivity index is 1.75. The van der Waals surface area contributed by atoms with Crippen LogP contribution in [-0.4, -0.2) is 61.3 Å². The lowest BCUT2D eigenvalue weighted by Gasteiger charge is -2.27. The van der Waals surface area contributed by atoms with Crippen LogP contribution in [0, 0.1) is 0 Å². The zero-order chi connectivity index (χ0) is 16.7. The Kier molecular flexibility index (Phi) is 6.83. The van der Waals surface area contributed by atoms with E-state index in [9.17, 15) is 8.42 Å². The Hall–Kier alpha value is -1.15. The highest BCUT2D eigenvalue weighted by Gasteiger charge is 2.19. The van der Waals surface area contributed by atoms with Gasteiger partial charge in [0.2, 0.25) is 10.0 Å². The van der Waals surface area contributed by atoms with Crippen molar-refractivity contribution in [1.82, 2.24) is 4.72 Å². The third-order valence-corrected chi connectivity index (χ3v) is 5.73. The van der Waals surface area contributed by atoms with E-state index in [-0.39, 0.29) is 4.90 Å². The Labute approximate surface area is 139 Å². The van der Waals surface area contributed by atoms with Crippen molar-refractivity contribution >= 4 is 10.0 Å².